The third-order valence-corrected chi connectivity index (χ3v) is 5.08. The molecule has 31 heavy (non-hydrogen) atoms. The largest absolute Gasteiger partial charge is 0.506 e. The molecular weight excluding hydrogens is 453 g/mol. The summed E-state index contributed by atoms with van der Waals surface area (Å²) in [4.78, 5) is 12.5. The van der Waals surface area contributed by atoms with Crippen molar-refractivity contribution in [3.8, 4) is 16.9 Å². The van der Waals surface area contributed by atoms with E-state index in [1.807, 2.05) is 0 Å². The molecule has 0 saturated heterocycles. The lowest BCUT2D eigenvalue weighted by molar-refractivity contribution is -0.137. The van der Waals surface area contributed by atoms with Crippen molar-refractivity contribution in [3.63, 3.8) is 0 Å². The zero-order valence-corrected chi connectivity index (χ0v) is 17.5. The molecule has 0 heterocycles. The Bertz CT molecular complexity index is 1150. The molecule has 0 saturated carbocycles. The molecule has 0 aliphatic rings. The number of benzene rings is 3. The number of aromatic hydroxyl groups is 1. The van der Waals surface area contributed by atoms with Crippen molar-refractivity contribution >= 4 is 39.9 Å². The zero-order valence-electron chi connectivity index (χ0n) is 16.0. The van der Waals surface area contributed by atoms with Gasteiger partial charge in [-0.1, -0.05) is 29.8 Å². The van der Waals surface area contributed by atoms with Crippen LogP contribution in [-0.4, -0.2) is 21.5 Å². The molecule has 0 radical (unpaired) electrons. The third-order valence-electron chi connectivity index (χ3n) is 4.26. The molecule has 0 bridgehead atoms. The normalized spacial score (nSPS) is 12.3. The minimum atomic E-state index is -4.49. The van der Waals surface area contributed by atoms with E-state index < -0.39 is 28.6 Å². The SMILES string of the molecule is CS(=O)Nc1cc(NC(=O)c2ccc(-c3ccc(C(F)(F)F)cc3Cl)cc2)ccc1O. The fraction of sp³-hybridized carbons (Fsp3) is 0.0952. The Morgan fingerprint density at radius 3 is 2.29 bits per heavy atom. The van der Waals surface area contributed by atoms with Crippen molar-refractivity contribution in [3.05, 3.63) is 76.8 Å². The predicted octanol–water partition coefficient (Wildman–Crippen LogP) is 5.69. The molecule has 3 rings (SSSR count). The molecule has 1 amide bonds. The molecule has 3 N–H and O–H groups in total. The molecule has 10 heteroatoms. The topological polar surface area (TPSA) is 78.4 Å². The van der Waals surface area contributed by atoms with E-state index in [0.29, 0.717) is 22.4 Å². The predicted molar refractivity (Wildman–Crippen MR) is 116 cm³/mol. The average molecular weight is 469 g/mol. The Balaban J connectivity index is 1.78. The van der Waals surface area contributed by atoms with E-state index in [2.05, 4.69) is 10.0 Å². The highest BCUT2D eigenvalue weighted by atomic mass is 35.5. The lowest BCUT2D eigenvalue weighted by atomic mass is 10.0. The number of anilines is 2. The van der Waals surface area contributed by atoms with Gasteiger partial charge >= 0.3 is 6.18 Å². The minimum absolute atomic E-state index is 0.0514. The number of amides is 1. The summed E-state index contributed by atoms with van der Waals surface area (Å²) < 4.78 is 52.2. The first-order chi connectivity index (χ1) is 14.5. The van der Waals surface area contributed by atoms with Crippen LogP contribution < -0.4 is 10.0 Å². The summed E-state index contributed by atoms with van der Waals surface area (Å²) in [7, 11) is -1.41. The summed E-state index contributed by atoms with van der Waals surface area (Å²) in [5.41, 5.74) is 0.983. The number of carbonyl (C=O) groups is 1. The van der Waals surface area contributed by atoms with Gasteiger partial charge in [0.15, 0.2) is 0 Å². The summed E-state index contributed by atoms with van der Waals surface area (Å²) in [5.74, 6) is -0.565. The number of carbonyl (C=O) groups excluding carboxylic acids is 1. The second-order valence-electron chi connectivity index (χ2n) is 6.51. The van der Waals surface area contributed by atoms with Crippen LogP contribution >= 0.6 is 11.6 Å². The van der Waals surface area contributed by atoms with Gasteiger partial charge < -0.3 is 15.1 Å². The molecule has 162 valence electrons. The van der Waals surface area contributed by atoms with Crippen LogP contribution in [0.5, 0.6) is 5.75 Å². The summed E-state index contributed by atoms with van der Waals surface area (Å²) in [6.45, 7) is 0. The number of hydrogen-bond donors (Lipinski definition) is 3. The van der Waals surface area contributed by atoms with E-state index in [1.165, 1.54) is 42.7 Å². The third kappa shape index (κ3) is 5.56. The molecule has 1 unspecified atom stereocenters. The van der Waals surface area contributed by atoms with Crippen molar-refractivity contribution in [2.75, 3.05) is 16.3 Å². The van der Waals surface area contributed by atoms with Crippen molar-refractivity contribution in [1.82, 2.24) is 0 Å². The van der Waals surface area contributed by atoms with E-state index in [-0.39, 0.29) is 16.5 Å². The standard InChI is InChI=1S/C21H16ClF3N2O3S/c1-31(30)27-18-11-15(7-9-19(18)28)26-20(29)13-4-2-12(3-5-13)16-8-6-14(10-17(16)22)21(23,24)25/h2-11,27-28H,1H3,(H,26,29). The smallest absolute Gasteiger partial charge is 0.416 e. The van der Waals surface area contributed by atoms with Crippen LogP contribution in [0.2, 0.25) is 5.02 Å². The Labute approximate surface area is 183 Å². The van der Waals surface area contributed by atoms with Gasteiger partial charge in [-0.15, -0.1) is 0 Å². The number of phenols is 1. The summed E-state index contributed by atoms with van der Waals surface area (Å²) in [6.07, 6.45) is -3.09. The molecule has 0 aliphatic heterocycles. The summed E-state index contributed by atoms with van der Waals surface area (Å²) >= 11 is 6.02. The Hall–Kier alpha value is -3.04. The monoisotopic (exact) mass is 468 g/mol. The van der Waals surface area contributed by atoms with Crippen molar-refractivity contribution < 1.29 is 27.3 Å². The van der Waals surface area contributed by atoms with Crippen molar-refractivity contribution in [2.45, 2.75) is 6.18 Å². The molecule has 3 aromatic rings. The van der Waals surface area contributed by atoms with E-state index in [4.69, 9.17) is 11.6 Å². The van der Waals surface area contributed by atoms with E-state index in [1.54, 1.807) is 12.1 Å². The molecule has 5 nitrogen and oxygen atoms in total. The second kappa shape index (κ2) is 8.99. The van der Waals surface area contributed by atoms with E-state index in [9.17, 15) is 27.3 Å². The highest BCUT2D eigenvalue weighted by molar-refractivity contribution is 7.85. The zero-order chi connectivity index (χ0) is 22.8. The fourth-order valence-corrected chi connectivity index (χ4v) is 3.54. The maximum atomic E-state index is 12.8. The van der Waals surface area contributed by atoms with Gasteiger partial charge in [0.25, 0.3) is 5.91 Å². The molecule has 0 aromatic heterocycles. The molecular formula is C21H16ClF3N2O3S. The van der Waals surface area contributed by atoms with E-state index in [0.717, 1.165) is 12.1 Å². The van der Waals surface area contributed by atoms with Gasteiger partial charge in [-0.05, 0) is 48.0 Å². The Morgan fingerprint density at radius 2 is 1.71 bits per heavy atom. The number of hydrogen-bond acceptors (Lipinski definition) is 3. The van der Waals surface area contributed by atoms with Gasteiger partial charge in [0.05, 0.1) is 11.3 Å². The Morgan fingerprint density at radius 1 is 1.03 bits per heavy atom. The average Bonchev–Trinajstić information content (AvgIpc) is 2.69. The number of phenolic OH excluding ortho intramolecular Hbond substituents is 1. The molecule has 0 spiro atoms. The maximum Gasteiger partial charge on any atom is 0.416 e. The number of nitrogens with one attached hydrogen (secondary N) is 2. The lowest BCUT2D eigenvalue weighted by Crippen LogP contribution is -2.12. The van der Waals surface area contributed by atoms with Crippen LogP contribution in [0.1, 0.15) is 15.9 Å². The molecule has 0 aliphatic carbocycles. The van der Waals surface area contributed by atoms with Crippen LogP contribution in [0.4, 0.5) is 24.5 Å². The highest BCUT2D eigenvalue weighted by Crippen LogP contribution is 2.35. The van der Waals surface area contributed by atoms with Gasteiger partial charge in [0.2, 0.25) is 0 Å². The van der Waals surface area contributed by atoms with Crippen molar-refractivity contribution in [2.24, 2.45) is 0 Å². The van der Waals surface area contributed by atoms with Gasteiger partial charge in [0, 0.05) is 28.1 Å². The van der Waals surface area contributed by atoms with Gasteiger partial charge in [0.1, 0.15) is 16.7 Å². The summed E-state index contributed by atoms with van der Waals surface area (Å²) in [5, 5.41) is 12.4. The maximum absolute atomic E-state index is 12.8. The van der Waals surface area contributed by atoms with Gasteiger partial charge in [-0.2, -0.15) is 13.2 Å². The van der Waals surface area contributed by atoms with E-state index >= 15 is 0 Å². The Kier molecular flexibility index (Phi) is 6.56. The quantitative estimate of drug-likeness (QED) is 0.332. The van der Waals surface area contributed by atoms with Crippen LogP contribution in [0.25, 0.3) is 11.1 Å². The highest BCUT2D eigenvalue weighted by Gasteiger charge is 2.30. The van der Waals surface area contributed by atoms with Crippen LogP contribution in [0.3, 0.4) is 0 Å². The first kappa shape index (κ1) is 22.6. The van der Waals surface area contributed by atoms with Gasteiger partial charge in [-0.25, -0.2) is 4.21 Å². The fourth-order valence-electron chi connectivity index (χ4n) is 2.78. The van der Waals surface area contributed by atoms with Crippen LogP contribution in [0.15, 0.2) is 60.7 Å². The molecule has 1 atom stereocenters. The number of rotatable bonds is 5. The first-order valence-electron chi connectivity index (χ1n) is 8.76. The number of alkyl halides is 3. The number of halogens is 4. The molecule has 0 fully saturated rings. The summed E-state index contributed by atoms with van der Waals surface area (Å²) in [6, 6.07) is 13.5. The van der Waals surface area contributed by atoms with Gasteiger partial charge in [-0.3, -0.25) is 4.79 Å². The second-order valence-corrected chi connectivity index (χ2v) is 8.03. The molecule has 3 aromatic carbocycles. The van der Waals surface area contributed by atoms with Crippen molar-refractivity contribution in [1.29, 1.82) is 0 Å². The minimum Gasteiger partial charge on any atom is -0.506 e. The lowest BCUT2D eigenvalue weighted by Gasteiger charge is -2.11. The first-order valence-corrected chi connectivity index (χ1v) is 10.7. The van der Waals surface area contributed by atoms with Crippen LogP contribution in [-0.2, 0) is 17.2 Å². The van der Waals surface area contributed by atoms with Crippen LogP contribution in [0, 0.1) is 0 Å².